The maximum atomic E-state index is 10.4. The molecule has 0 saturated heterocycles. The van der Waals surface area contributed by atoms with E-state index in [1.165, 1.54) is 11.8 Å². The molecule has 0 aliphatic heterocycles. The molecule has 0 amide bonds. The van der Waals surface area contributed by atoms with Crippen molar-refractivity contribution in [1.82, 2.24) is 15.2 Å². The fraction of sp³-hybridized carbons (Fsp3) is 0.250. The number of thioether (sulfide) groups is 1. The highest BCUT2D eigenvalue weighted by molar-refractivity contribution is 7.99. The van der Waals surface area contributed by atoms with Crippen molar-refractivity contribution < 1.29 is 9.90 Å². The van der Waals surface area contributed by atoms with E-state index in [0.29, 0.717) is 16.7 Å². The molecule has 5 nitrogen and oxygen atoms in total. The van der Waals surface area contributed by atoms with E-state index in [1.807, 2.05) is 31.2 Å². The molecule has 0 unspecified atom stereocenters. The molecule has 0 atom stereocenters. The Balaban J connectivity index is 2.06. The van der Waals surface area contributed by atoms with Crippen LogP contribution >= 0.6 is 11.8 Å². The molecule has 1 aromatic carbocycles. The number of carboxylic acid groups (broad SMARTS) is 1. The fourth-order valence-corrected chi connectivity index (χ4v) is 2.22. The maximum absolute atomic E-state index is 10.4. The molecule has 0 aliphatic rings. The number of carbonyl (C=O) groups is 1. The van der Waals surface area contributed by atoms with Crippen molar-refractivity contribution in [3.05, 3.63) is 29.8 Å². The van der Waals surface area contributed by atoms with Gasteiger partial charge in [0.15, 0.2) is 5.82 Å². The first-order valence-electron chi connectivity index (χ1n) is 5.50. The van der Waals surface area contributed by atoms with Gasteiger partial charge in [-0.25, -0.2) is 4.98 Å². The van der Waals surface area contributed by atoms with Gasteiger partial charge in [-0.15, -0.1) is 5.10 Å². The SMILES string of the molecule is Cc1ccccc1-c1nc(SCCC(=O)O)n[nH]1. The largest absolute Gasteiger partial charge is 0.481 e. The number of rotatable bonds is 5. The third-order valence-corrected chi connectivity index (χ3v) is 3.26. The van der Waals surface area contributed by atoms with Gasteiger partial charge in [-0.2, -0.15) is 0 Å². The lowest BCUT2D eigenvalue weighted by molar-refractivity contribution is -0.136. The van der Waals surface area contributed by atoms with Gasteiger partial charge in [-0.05, 0) is 12.5 Å². The topological polar surface area (TPSA) is 78.9 Å². The van der Waals surface area contributed by atoms with Crippen LogP contribution in [0.1, 0.15) is 12.0 Å². The first kappa shape index (κ1) is 12.6. The van der Waals surface area contributed by atoms with Crippen LogP contribution in [0.2, 0.25) is 0 Å². The van der Waals surface area contributed by atoms with Crippen LogP contribution in [0.5, 0.6) is 0 Å². The Hall–Kier alpha value is -1.82. The Morgan fingerprint density at radius 3 is 2.94 bits per heavy atom. The smallest absolute Gasteiger partial charge is 0.304 e. The molecule has 94 valence electrons. The molecule has 1 aromatic heterocycles. The van der Waals surface area contributed by atoms with E-state index in [9.17, 15) is 4.79 Å². The van der Waals surface area contributed by atoms with Crippen LogP contribution in [-0.2, 0) is 4.79 Å². The molecular weight excluding hydrogens is 250 g/mol. The predicted octanol–water partition coefficient (Wildman–Crippen LogP) is 2.35. The number of benzene rings is 1. The van der Waals surface area contributed by atoms with Crippen LogP contribution in [0.15, 0.2) is 29.4 Å². The summed E-state index contributed by atoms with van der Waals surface area (Å²) < 4.78 is 0. The van der Waals surface area contributed by atoms with Crippen molar-refractivity contribution in [3.8, 4) is 11.4 Å². The Labute approximate surface area is 109 Å². The highest BCUT2D eigenvalue weighted by Gasteiger charge is 2.08. The van der Waals surface area contributed by atoms with Crippen molar-refractivity contribution in [1.29, 1.82) is 0 Å². The standard InChI is InChI=1S/C12H13N3O2S/c1-8-4-2-3-5-9(8)11-13-12(15-14-11)18-7-6-10(16)17/h2-5H,6-7H2,1H3,(H,16,17)(H,13,14,15). The Morgan fingerprint density at radius 2 is 2.22 bits per heavy atom. The molecule has 0 fully saturated rings. The lowest BCUT2D eigenvalue weighted by atomic mass is 10.1. The van der Waals surface area contributed by atoms with Crippen LogP contribution < -0.4 is 0 Å². The Bertz CT molecular complexity index is 554. The van der Waals surface area contributed by atoms with Crippen molar-refractivity contribution in [2.75, 3.05) is 5.75 Å². The molecule has 0 radical (unpaired) electrons. The molecule has 2 N–H and O–H groups in total. The maximum Gasteiger partial charge on any atom is 0.304 e. The first-order valence-corrected chi connectivity index (χ1v) is 6.48. The number of hydrogen-bond donors (Lipinski definition) is 2. The predicted molar refractivity (Wildman–Crippen MR) is 69.5 cm³/mol. The van der Waals surface area contributed by atoms with Gasteiger partial charge >= 0.3 is 5.97 Å². The Kier molecular flexibility index (Phi) is 3.99. The van der Waals surface area contributed by atoms with Gasteiger partial charge in [0.05, 0.1) is 6.42 Å². The number of hydrogen-bond acceptors (Lipinski definition) is 4. The molecule has 0 spiro atoms. The minimum absolute atomic E-state index is 0.110. The number of aromatic amines is 1. The van der Waals surface area contributed by atoms with Gasteiger partial charge in [0.2, 0.25) is 5.16 Å². The third-order valence-electron chi connectivity index (χ3n) is 2.41. The van der Waals surface area contributed by atoms with Crippen LogP contribution in [0.3, 0.4) is 0 Å². The molecule has 2 aromatic rings. The van der Waals surface area contributed by atoms with Gasteiger partial charge < -0.3 is 5.11 Å². The summed E-state index contributed by atoms with van der Waals surface area (Å²) in [4.78, 5) is 14.7. The van der Waals surface area contributed by atoms with Crippen molar-refractivity contribution in [2.45, 2.75) is 18.5 Å². The summed E-state index contributed by atoms with van der Waals surface area (Å²) in [7, 11) is 0. The van der Waals surface area contributed by atoms with E-state index in [0.717, 1.165) is 11.1 Å². The monoisotopic (exact) mass is 263 g/mol. The van der Waals surface area contributed by atoms with Gasteiger partial charge in [0, 0.05) is 11.3 Å². The van der Waals surface area contributed by atoms with Crippen molar-refractivity contribution >= 4 is 17.7 Å². The molecule has 0 saturated carbocycles. The number of nitrogens with zero attached hydrogens (tertiary/aromatic N) is 2. The molecule has 0 bridgehead atoms. The Morgan fingerprint density at radius 1 is 1.44 bits per heavy atom. The van der Waals surface area contributed by atoms with Gasteiger partial charge in [-0.1, -0.05) is 36.0 Å². The summed E-state index contributed by atoms with van der Waals surface area (Å²) in [6.45, 7) is 2.01. The van der Waals surface area contributed by atoms with Crippen LogP contribution in [0, 0.1) is 6.92 Å². The molecular formula is C12H13N3O2S. The average Bonchev–Trinajstić information content (AvgIpc) is 2.78. The number of H-pyrrole nitrogens is 1. The number of aromatic nitrogens is 3. The molecule has 0 aliphatic carbocycles. The molecule has 6 heteroatoms. The van der Waals surface area contributed by atoms with Crippen LogP contribution in [0.25, 0.3) is 11.4 Å². The number of aryl methyl sites for hydroxylation is 1. The average molecular weight is 263 g/mol. The van der Waals surface area contributed by atoms with Crippen molar-refractivity contribution in [2.24, 2.45) is 0 Å². The fourth-order valence-electron chi connectivity index (χ4n) is 1.50. The normalized spacial score (nSPS) is 10.5. The minimum atomic E-state index is -0.808. The summed E-state index contributed by atoms with van der Waals surface area (Å²) in [6, 6.07) is 7.90. The first-order chi connectivity index (χ1) is 8.66. The lowest BCUT2D eigenvalue weighted by Gasteiger charge is -1.99. The number of nitrogens with one attached hydrogen (secondary N) is 1. The zero-order valence-electron chi connectivity index (χ0n) is 9.88. The minimum Gasteiger partial charge on any atom is -0.481 e. The summed E-state index contributed by atoms with van der Waals surface area (Å²) >= 11 is 1.34. The second-order valence-corrected chi connectivity index (χ2v) is 4.84. The van der Waals surface area contributed by atoms with E-state index in [-0.39, 0.29) is 6.42 Å². The van der Waals surface area contributed by atoms with E-state index < -0.39 is 5.97 Å². The van der Waals surface area contributed by atoms with Crippen molar-refractivity contribution in [3.63, 3.8) is 0 Å². The van der Waals surface area contributed by atoms with Gasteiger partial charge in [0.25, 0.3) is 0 Å². The second kappa shape index (κ2) is 5.68. The summed E-state index contributed by atoms with van der Waals surface area (Å²) in [6.07, 6.45) is 0.110. The second-order valence-electron chi connectivity index (χ2n) is 3.77. The van der Waals surface area contributed by atoms with Crippen LogP contribution in [0.4, 0.5) is 0 Å². The zero-order valence-corrected chi connectivity index (χ0v) is 10.7. The van der Waals surface area contributed by atoms with Gasteiger partial charge in [-0.3, -0.25) is 9.89 Å². The van der Waals surface area contributed by atoms with E-state index in [2.05, 4.69) is 15.2 Å². The molecule has 1 heterocycles. The third kappa shape index (κ3) is 3.10. The van der Waals surface area contributed by atoms with E-state index in [1.54, 1.807) is 0 Å². The zero-order chi connectivity index (χ0) is 13.0. The number of aliphatic carboxylic acids is 1. The summed E-state index contributed by atoms with van der Waals surface area (Å²) in [5, 5.41) is 16.1. The summed E-state index contributed by atoms with van der Waals surface area (Å²) in [5.74, 6) is 0.378. The molecule has 2 rings (SSSR count). The number of carboxylic acids is 1. The van der Waals surface area contributed by atoms with E-state index in [4.69, 9.17) is 5.11 Å². The van der Waals surface area contributed by atoms with Crippen LogP contribution in [-0.4, -0.2) is 32.0 Å². The van der Waals surface area contributed by atoms with E-state index >= 15 is 0 Å². The lowest BCUT2D eigenvalue weighted by Crippen LogP contribution is -1.95. The highest BCUT2D eigenvalue weighted by Crippen LogP contribution is 2.22. The molecule has 18 heavy (non-hydrogen) atoms. The quantitative estimate of drug-likeness (QED) is 0.809. The van der Waals surface area contributed by atoms with Gasteiger partial charge in [0.1, 0.15) is 0 Å². The summed E-state index contributed by atoms with van der Waals surface area (Å²) in [5.41, 5.74) is 2.13. The highest BCUT2D eigenvalue weighted by atomic mass is 32.2.